The predicted molar refractivity (Wildman–Crippen MR) is 330 cm³/mol. The van der Waals surface area contributed by atoms with Crippen molar-refractivity contribution in [3.63, 3.8) is 0 Å². The molecule has 0 saturated heterocycles. The quantitative estimate of drug-likeness (QED) is 0.0212. The number of carbonyl (C=O) groups excluding carboxylic acids is 2. The molecule has 0 bridgehead atoms. The van der Waals surface area contributed by atoms with Crippen LogP contribution in [0.2, 0.25) is 0 Å². The molecule has 0 aliphatic carbocycles. The fourth-order valence-corrected chi connectivity index (χ4v) is 8.85. The lowest BCUT2D eigenvalue weighted by Gasteiger charge is -2.30. The van der Waals surface area contributed by atoms with Crippen molar-refractivity contribution >= 4 is 19.7 Å². The van der Waals surface area contributed by atoms with Gasteiger partial charge in [0.2, 0.25) is 5.91 Å². The molecule has 0 aromatic heterocycles. The first kappa shape index (κ1) is 73.4. The van der Waals surface area contributed by atoms with Crippen LogP contribution in [0.25, 0.3) is 0 Å². The second-order valence-electron chi connectivity index (χ2n) is 21.5. The molecule has 10 heteroatoms. The third-order valence-electron chi connectivity index (χ3n) is 12.9. The van der Waals surface area contributed by atoms with Crippen LogP contribution in [0.1, 0.15) is 239 Å². The lowest BCUT2D eigenvalue weighted by molar-refractivity contribution is -0.870. The van der Waals surface area contributed by atoms with Crippen LogP contribution >= 0.6 is 7.82 Å². The van der Waals surface area contributed by atoms with Gasteiger partial charge in [0.1, 0.15) is 19.3 Å². The Kier molecular flexibility index (Phi) is 53.1. The van der Waals surface area contributed by atoms with Crippen LogP contribution in [0.3, 0.4) is 0 Å². The Morgan fingerprint density at radius 1 is 0.468 bits per heavy atom. The monoisotopic (exact) mass is 1090 g/mol. The number of ether oxygens (including phenoxy) is 1. The number of esters is 1. The minimum Gasteiger partial charge on any atom is -0.756 e. The van der Waals surface area contributed by atoms with Gasteiger partial charge in [0.25, 0.3) is 7.82 Å². The van der Waals surface area contributed by atoms with Crippen LogP contribution < -0.4 is 10.2 Å². The Hall–Kier alpha value is -3.59. The number of hydrogen-bond acceptors (Lipinski definition) is 7. The van der Waals surface area contributed by atoms with Gasteiger partial charge in [-0.1, -0.05) is 233 Å². The molecule has 0 aliphatic heterocycles. The maximum Gasteiger partial charge on any atom is 0.306 e. The number of phosphoric ester groups is 1. The van der Waals surface area contributed by atoms with Crippen molar-refractivity contribution in [2.45, 2.75) is 251 Å². The molecule has 0 aliphatic rings. The summed E-state index contributed by atoms with van der Waals surface area (Å²) in [6, 6.07) is -0.934. The summed E-state index contributed by atoms with van der Waals surface area (Å²) in [6.45, 7) is 6.63. The first-order chi connectivity index (χ1) is 37.4. The molecule has 0 spiro atoms. The van der Waals surface area contributed by atoms with E-state index in [4.69, 9.17) is 13.8 Å². The molecule has 9 nitrogen and oxygen atoms in total. The fourth-order valence-electron chi connectivity index (χ4n) is 8.13. The number of phosphoric acid groups is 1. The van der Waals surface area contributed by atoms with E-state index in [9.17, 15) is 19.0 Å². The van der Waals surface area contributed by atoms with E-state index in [1.54, 1.807) is 0 Å². The van der Waals surface area contributed by atoms with Crippen molar-refractivity contribution in [3.8, 4) is 0 Å². The molecule has 1 amide bonds. The van der Waals surface area contributed by atoms with Gasteiger partial charge in [0.15, 0.2) is 0 Å². The summed E-state index contributed by atoms with van der Waals surface area (Å²) in [5.74, 6) is -0.636. The number of amides is 1. The summed E-state index contributed by atoms with van der Waals surface area (Å²) in [6.07, 6.45) is 77.4. The average Bonchev–Trinajstić information content (AvgIpc) is 3.39. The van der Waals surface area contributed by atoms with Gasteiger partial charge < -0.3 is 28.5 Å². The number of likely N-dealkylation sites (N-methyl/N-ethyl adjacent to an activating group) is 1. The highest BCUT2D eigenvalue weighted by molar-refractivity contribution is 7.45. The molecule has 3 atom stereocenters. The number of rotatable bonds is 54. The highest BCUT2D eigenvalue weighted by Gasteiger charge is 2.27. The summed E-state index contributed by atoms with van der Waals surface area (Å²) >= 11 is 0. The van der Waals surface area contributed by atoms with E-state index in [2.05, 4.69) is 135 Å². The molecule has 440 valence electrons. The highest BCUT2D eigenvalue weighted by atomic mass is 31.2. The Morgan fingerprint density at radius 3 is 1.30 bits per heavy atom. The van der Waals surface area contributed by atoms with Gasteiger partial charge in [-0.15, -0.1) is 0 Å². The number of allylic oxidation sites excluding steroid dienone is 19. The number of carbonyl (C=O) groups is 2. The van der Waals surface area contributed by atoms with Gasteiger partial charge in [-0.25, -0.2) is 0 Å². The van der Waals surface area contributed by atoms with E-state index in [0.29, 0.717) is 23.9 Å². The molecule has 0 saturated carbocycles. The summed E-state index contributed by atoms with van der Waals surface area (Å²) < 4.78 is 30.3. The van der Waals surface area contributed by atoms with E-state index in [1.165, 1.54) is 83.5 Å². The number of nitrogens with one attached hydrogen (secondary N) is 1. The van der Waals surface area contributed by atoms with Crippen molar-refractivity contribution < 1.29 is 37.3 Å². The van der Waals surface area contributed by atoms with Crippen LogP contribution in [0.4, 0.5) is 0 Å². The molecular weight excluding hydrogens is 976 g/mol. The van der Waals surface area contributed by atoms with Crippen molar-refractivity contribution in [1.29, 1.82) is 0 Å². The van der Waals surface area contributed by atoms with Crippen LogP contribution in [0.5, 0.6) is 0 Å². The van der Waals surface area contributed by atoms with Gasteiger partial charge in [0.05, 0.1) is 33.8 Å². The molecule has 1 N–H and O–H groups in total. The smallest absolute Gasteiger partial charge is 0.306 e. The SMILES string of the molecule is CC/C=C\C/C=C\C/C=C\C/C=C\C/C=C\CCCCCCCC(=O)OC(/C=C/CCCCCCCCCCCCC)C(COP(=O)([O-])OCC[N+](C)(C)C)NC(=O)CCC/C=C\C/C=C\C/C=C\C/C=C\CCCCC. The lowest BCUT2D eigenvalue weighted by atomic mass is 10.0. The molecule has 77 heavy (non-hydrogen) atoms. The standard InChI is InChI=1S/C67H115N2O7P/c1-7-10-13-16-19-22-25-28-30-32-33-34-35-37-39-42-45-48-51-54-57-60-67(71)76-65(58-55-52-49-46-43-40-27-24-21-18-15-12-9-3)64(63-75-77(72,73)74-62-61-69(4,5)6)68-66(70)59-56-53-50-47-44-41-38-36-31-29-26-23-20-17-14-11-8-2/h10,13,19-20,22-23,28-31,33-34,37-39,41,47,50,55,58,64-65H,7-9,11-12,14-18,21,24-27,32,35-36,40,42-46,48-49,51-54,56-57,59-63H2,1-6H3,(H-,68,70,72,73)/b13-10-,22-19-,23-20-,30-28-,31-29-,34-33-,39-37-,41-38-,50-47-,58-55+. The topological polar surface area (TPSA) is 114 Å². The summed E-state index contributed by atoms with van der Waals surface area (Å²) in [5.41, 5.74) is 0. The Morgan fingerprint density at radius 2 is 0.844 bits per heavy atom. The van der Waals surface area contributed by atoms with Crippen LogP contribution in [0.15, 0.2) is 122 Å². The van der Waals surface area contributed by atoms with E-state index in [0.717, 1.165) is 109 Å². The van der Waals surface area contributed by atoms with E-state index >= 15 is 0 Å². The van der Waals surface area contributed by atoms with E-state index in [-0.39, 0.29) is 31.3 Å². The summed E-state index contributed by atoms with van der Waals surface area (Å²) in [4.78, 5) is 40.0. The van der Waals surface area contributed by atoms with E-state index < -0.39 is 26.6 Å². The molecule has 0 heterocycles. The van der Waals surface area contributed by atoms with Crippen LogP contribution in [-0.4, -0.2) is 69.4 Å². The zero-order valence-electron chi connectivity index (χ0n) is 50.1. The number of nitrogens with zero attached hydrogens (tertiary/aromatic N) is 1. The molecule has 0 radical (unpaired) electrons. The third-order valence-corrected chi connectivity index (χ3v) is 13.8. The fraction of sp³-hybridized carbons (Fsp3) is 0.672. The van der Waals surface area contributed by atoms with E-state index in [1.807, 2.05) is 33.3 Å². The Labute approximate surface area is 473 Å². The van der Waals surface area contributed by atoms with Crippen molar-refractivity contribution in [1.82, 2.24) is 5.32 Å². The summed E-state index contributed by atoms with van der Waals surface area (Å²) in [5, 5.41) is 2.99. The number of quaternary nitrogens is 1. The predicted octanol–water partition coefficient (Wildman–Crippen LogP) is 18.5. The maximum absolute atomic E-state index is 13.5. The number of hydrogen-bond donors (Lipinski definition) is 1. The first-order valence-corrected chi connectivity index (χ1v) is 32.3. The molecule has 0 aromatic rings. The normalized spacial score (nSPS) is 14.5. The van der Waals surface area contributed by atoms with Crippen molar-refractivity contribution in [2.75, 3.05) is 40.9 Å². The average molecular weight is 1090 g/mol. The van der Waals surface area contributed by atoms with Gasteiger partial charge in [-0.05, 0) is 115 Å². The minimum absolute atomic E-state index is 0.0422. The summed E-state index contributed by atoms with van der Waals surface area (Å²) in [7, 11) is 1.12. The largest absolute Gasteiger partial charge is 0.756 e. The van der Waals surface area contributed by atoms with Gasteiger partial charge in [0, 0.05) is 12.8 Å². The molecule has 0 fully saturated rings. The maximum atomic E-state index is 13.5. The molecule has 0 rings (SSSR count). The van der Waals surface area contributed by atoms with Crippen molar-refractivity contribution in [3.05, 3.63) is 122 Å². The molecule has 0 aromatic carbocycles. The zero-order valence-corrected chi connectivity index (χ0v) is 51.0. The van der Waals surface area contributed by atoms with Gasteiger partial charge in [-0.2, -0.15) is 0 Å². The highest BCUT2D eigenvalue weighted by Crippen LogP contribution is 2.38. The van der Waals surface area contributed by atoms with Gasteiger partial charge in [-0.3, -0.25) is 14.2 Å². The van der Waals surface area contributed by atoms with Gasteiger partial charge >= 0.3 is 5.97 Å². The second-order valence-corrected chi connectivity index (χ2v) is 22.9. The minimum atomic E-state index is -4.73. The second kappa shape index (κ2) is 55.7. The molecule has 3 unspecified atom stereocenters. The zero-order chi connectivity index (χ0) is 56.4. The van der Waals surface area contributed by atoms with Crippen molar-refractivity contribution in [2.24, 2.45) is 0 Å². The van der Waals surface area contributed by atoms with Crippen LogP contribution in [0, 0.1) is 0 Å². The third kappa shape index (κ3) is 56.9. The first-order valence-electron chi connectivity index (χ1n) is 30.8. The Bertz CT molecular complexity index is 1730. The number of unbranched alkanes of at least 4 members (excludes halogenated alkanes) is 20. The van der Waals surface area contributed by atoms with Crippen LogP contribution in [-0.2, 0) is 27.9 Å². The lowest BCUT2D eigenvalue weighted by Crippen LogP contribution is -2.47. The molecular formula is C67H115N2O7P. The Balaban J connectivity index is 5.43.